The van der Waals surface area contributed by atoms with Crippen molar-refractivity contribution in [2.45, 2.75) is 46.5 Å². The number of ketones is 1. The molecule has 0 saturated heterocycles. The Morgan fingerprint density at radius 2 is 1.41 bits per heavy atom. The van der Waals surface area contributed by atoms with E-state index in [0.29, 0.717) is 90.4 Å². The number of carbonyl (C=O) groups is 1. The third kappa shape index (κ3) is 3.81. The fraction of sp³-hybridized carbons (Fsp3) is 0.343. The van der Waals surface area contributed by atoms with Crippen LogP contribution in [0.1, 0.15) is 57.6 Å². The van der Waals surface area contributed by atoms with E-state index in [2.05, 4.69) is 10.6 Å². The average molecular weight is 597 g/mol. The molecule has 0 saturated carbocycles. The Balaban J connectivity index is 2.12. The zero-order valence-corrected chi connectivity index (χ0v) is 26.0. The van der Waals surface area contributed by atoms with Crippen LogP contribution in [0.5, 0.6) is 23.0 Å². The summed E-state index contributed by atoms with van der Waals surface area (Å²) in [7, 11) is 4.48. The van der Waals surface area contributed by atoms with E-state index in [0.717, 1.165) is 12.8 Å². The number of benzene rings is 5. The van der Waals surface area contributed by atoms with E-state index in [9.17, 15) is 19.5 Å². The Labute approximate surface area is 254 Å². The molecule has 1 aliphatic carbocycles. The van der Waals surface area contributed by atoms with Gasteiger partial charge in [0.1, 0.15) is 23.0 Å². The number of phenols is 1. The molecule has 6 rings (SSSR count). The molecule has 5 aromatic carbocycles. The maximum absolute atomic E-state index is 14.5. The fourth-order valence-corrected chi connectivity index (χ4v) is 7.11. The van der Waals surface area contributed by atoms with Crippen molar-refractivity contribution in [3.05, 3.63) is 49.3 Å². The average Bonchev–Trinajstić information content (AvgIpc) is 3.13. The van der Waals surface area contributed by atoms with Gasteiger partial charge in [-0.1, -0.05) is 25.5 Å². The van der Waals surface area contributed by atoms with Crippen LogP contribution in [0.3, 0.4) is 0 Å². The molecule has 1 unspecified atom stereocenters. The van der Waals surface area contributed by atoms with E-state index < -0.39 is 5.92 Å². The first-order valence-electron chi connectivity index (χ1n) is 14.9. The van der Waals surface area contributed by atoms with Crippen LogP contribution in [0.2, 0.25) is 0 Å². The van der Waals surface area contributed by atoms with Crippen molar-refractivity contribution in [1.29, 1.82) is 0 Å². The molecule has 0 aromatic heterocycles. The van der Waals surface area contributed by atoms with Crippen molar-refractivity contribution >= 4 is 66.3 Å². The minimum absolute atomic E-state index is 0.0713. The molecule has 0 radical (unpaired) electrons. The minimum atomic E-state index is -0.819. The molecule has 1 atom stereocenters. The highest BCUT2D eigenvalue weighted by Gasteiger charge is 2.37. The molecule has 3 N–H and O–H groups in total. The summed E-state index contributed by atoms with van der Waals surface area (Å²) in [4.78, 5) is 42.4. The number of rotatable bonds is 10. The van der Waals surface area contributed by atoms with Gasteiger partial charge >= 0.3 is 0 Å². The van der Waals surface area contributed by atoms with Crippen molar-refractivity contribution in [3.8, 4) is 23.0 Å². The first-order chi connectivity index (χ1) is 21.2. The highest BCUT2D eigenvalue weighted by Crippen LogP contribution is 2.55. The Morgan fingerprint density at radius 1 is 0.795 bits per heavy atom. The number of allylic oxidation sites excluding steroid dienone is 1. The normalized spacial score (nSPS) is 14.4. The second-order valence-corrected chi connectivity index (χ2v) is 11.4. The van der Waals surface area contributed by atoms with Gasteiger partial charge in [0.2, 0.25) is 10.9 Å². The van der Waals surface area contributed by atoms with E-state index in [1.165, 1.54) is 27.2 Å². The molecule has 9 nitrogen and oxygen atoms in total. The quantitative estimate of drug-likeness (QED) is 0.125. The zero-order valence-electron chi connectivity index (χ0n) is 26.0. The van der Waals surface area contributed by atoms with E-state index in [1.807, 2.05) is 26.8 Å². The summed E-state index contributed by atoms with van der Waals surface area (Å²) in [5, 5.41) is 22.0. The standard InChI is InChI=1S/C35H36N2O7/c1-8-10-36-18-13-20(42-5)26-27-21(43-6)14-19(39)25-28(27)23-17(32(33(25)40)37-11-9-2)12-15(3)22(16(4)38)31-29(23)30(26)24(18)34(41)35(31)44-7/h12-14,22,36-37,39H,8-11H2,1-7H3. The lowest BCUT2D eigenvalue weighted by atomic mass is 9.80. The molecule has 9 heteroatoms. The smallest absolute Gasteiger partial charge is 0.230 e. The summed E-state index contributed by atoms with van der Waals surface area (Å²) in [5.74, 6) is -0.371. The number of ether oxygens (including phenoxy) is 3. The number of hydrogen-bond donors (Lipinski definition) is 3. The van der Waals surface area contributed by atoms with Crippen LogP contribution >= 0.6 is 0 Å². The van der Waals surface area contributed by atoms with Crippen molar-refractivity contribution in [3.63, 3.8) is 0 Å². The maximum atomic E-state index is 14.5. The number of anilines is 2. The van der Waals surface area contributed by atoms with Gasteiger partial charge in [-0.3, -0.25) is 14.4 Å². The summed E-state index contributed by atoms with van der Waals surface area (Å²) in [5.41, 5.74) is 1.87. The van der Waals surface area contributed by atoms with Crippen molar-refractivity contribution in [2.75, 3.05) is 45.1 Å². The highest BCUT2D eigenvalue weighted by molar-refractivity contribution is 6.40. The number of fused-ring (bicyclic) bond motifs is 1. The predicted molar refractivity (Wildman–Crippen MR) is 177 cm³/mol. The number of hydrogen-bond acceptors (Lipinski definition) is 9. The lowest BCUT2D eigenvalue weighted by Gasteiger charge is -2.25. The Morgan fingerprint density at radius 3 is 2.00 bits per heavy atom. The van der Waals surface area contributed by atoms with Crippen LogP contribution in [0.4, 0.5) is 11.4 Å². The van der Waals surface area contributed by atoms with E-state index in [4.69, 9.17) is 14.2 Å². The van der Waals surface area contributed by atoms with E-state index in [-0.39, 0.29) is 33.5 Å². The number of Topliss-reactive ketones (excluding diaryl/α,β-unsaturated/α-hetero) is 1. The lowest BCUT2D eigenvalue weighted by Crippen LogP contribution is -2.19. The molecule has 0 spiro atoms. The maximum Gasteiger partial charge on any atom is 0.230 e. The van der Waals surface area contributed by atoms with Gasteiger partial charge in [-0.2, -0.15) is 0 Å². The largest absolute Gasteiger partial charge is 0.507 e. The first kappa shape index (κ1) is 29.3. The number of phenolic OH excluding ortho intramolecular Hbond substituents is 1. The predicted octanol–water partition coefficient (Wildman–Crippen LogP) is 6.36. The number of aromatic hydroxyl groups is 1. The molecule has 5 aromatic rings. The summed E-state index contributed by atoms with van der Waals surface area (Å²) in [6, 6.07) is 3.22. The topological polar surface area (TPSA) is 123 Å². The summed E-state index contributed by atoms with van der Waals surface area (Å²) in [6.07, 6.45) is 3.43. The van der Waals surface area contributed by atoms with Crippen LogP contribution in [0, 0.1) is 0 Å². The second-order valence-electron chi connectivity index (χ2n) is 11.4. The molecule has 0 heterocycles. The van der Waals surface area contributed by atoms with Crippen LogP contribution in [0.15, 0.2) is 27.3 Å². The van der Waals surface area contributed by atoms with Gasteiger partial charge in [0.15, 0.2) is 5.75 Å². The van der Waals surface area contributed by atoms with Crippen LogP contribution < -0.4 is 35.7 Å². The number of carbonyl (C=O) groups excluding carboxylic acids is 1. The summed E-state index contributed by atoms with van der Waals surface area (Å²) in [6.45, 7) is 8.48. The molecular formula is C35H36N2O7. The minimum Gasteiger partial charge on any atom is -0.507 e. The fourth-order valence-electron chi connectivity index (χ4n) is 7.11. The SMILES string of the molecule is CCCNc1c2c3c4c(c(OC)c(=O)c5c(NCCC)cc(OC)c(c6c(OC)cc(O)c(c1=O)c63)c54)C(C(C)=O)C(C)=C2. The highest BCUT2D eigenvalue weighted by atomic mass is 16.5. The molecule has 0 amide bonds. The van der Waals surface area contributed by atoms with Crippen molar-refractivity contribution < 1.29 is 24.1 Å². The van der Waals surface area contributed by atoms with Gasteiger partial charge in [-0.05, 0) is 32.1 Å². The molecular weight excluding hydrogens is 560 g/mol. The molecule has 228 valence electrons. The Bertz CT molecular complexity index is 2150. The molecule has 0 aliphatic heterocycles. The van der Waals surface area contributed by atoms with Crippen molar-refractivity contribution in [1.82, 2.24) is 0 Å². The van der Waals surface area contributed by atoms with Crippen LogP contribution in [-0.4, -0.2) is 45.3 Å². The van der Waals surface area contributed by atoms with Gasteiger partial charge in [-0.25, -0.2) is 0 Å². The third-order valence-corrected chi connectivity index (χ3v) is 8.79. The second kappa shape index (κ2) is 10.7. The third-order valence-electron chi connectivity index (χ3n) is 8.79. The number of nitrogens with one attached hydrogen (secondary N) is 2. The molecule has 44 heavy (non-hydrogen) atoms. The Kier molecular flexibility index (Phi) is 7.14. The van der Waals surface area contributed by atoms with Gasteiger partial charge in [0.25, 0.3) is 0 Å². The van der Waals surface area contributed by atoms with Gasteiger partial charge < -0.3 is 30.0 Å². The molecule has 0 bridgehead atoms. The summed E-state index contributed by atoms with van der Waals surface area (Å²) < 4.78 is 17.7. The van der Waals surface area contributed by atoms with Gasteiger partial charge in [-0.15, -0.1) is 0 Å². The van der Waals surface area contributed by atoms with Crippen molar-refractivity contribution in [2.24, 2.45) is 0 Å². The molecule has 1 aliphatic rings. The number of methoxy groups -OCH3 is 3. The zero-order chi connectivity index (χ0) is 31.6. The molecule has 0 fully saturated rings. The van der Waals surface area contributed by atoms with E-state index in [1.54, 1.807) is 13.2 Å². The van der Waals surface area contributed by atoms with E-state index >= 15 is 0 Å². The first-order valence-corrected chi connectivity index (χ1v) is 14.9. The van der Waals surface area contributed by atoms with Crippen LogP contribution in [-0.2, 0) is 4.79 Å². The monoisotopic (exact) mass is 596 g/mol. The Hall–Kier alpha value is -4.79. The lowest BCUT2D eigenvalue weighted by molar-refractivity contribution is -0.117. The van der Waals surface area contributed by atoms with Crippen LogP contribution in [0.25, 0.3) is 49.2 Å². The van der Waals surface area contributed by atoms with Gasteiger partial charge in [0, 0.05) is 69.0 Å². The summed E-state index contributed by atoms with van der Waals surface area (Å²) >= 11 is 0. The van der Waals surface area contributed by atoms with Gasteiger partial charge in [0.05, 0.1) is 43.7 Å².